The molecule has 0 saturated carbocycles. The molecule has 4 rings (SSSR count). The Balaban J connectivity index is 1.33. The molecule has 0 aliphatic carbocycles. The molecule has 1 N–H and O–H groups in total. The number of nitrogens with zero attached hydrogens (tertiary/aromatic N) is 1. The van der Waals surface area contributed by atoms with E-state index in [0.29, 0.717) is 10.7 Å². The number of methoxy groups -OCH3 is 1. The molecule has 3 atom stereocenters. The molecule has 2 heterocycles. The summed E-state index contributed by atoms with van der Waals surface area (Å²) in [4.78, 5) is 39.6. The Morgan fingerprint density at radius 1 is 1.10 bits per heavy atom. The van der Waals surface area contributed by atoms with Crippen molar-refractivity contribution in [3.8, 4) is 5.75 Å². The number of β-lactam (4-membered cyclic amide) rings is 1. The smallest absolute Gasteiger partial charge is 0.334 e. The van der Waals surface area contributed by atoms with Crippen molar-refractivity contribution in [3.05, 3.63) is 77.2 Å². The zero-order valence-electron chi connectivity index (χ0n) is 16.9. The van der Waals surface area contributed by atoms with Crippen molar-refractivity contribution in [2.24, 2.45) is 0 Å². The highest BCUT2D eigenvalue weighted by atomic mass is 32.2. The zero-order chi connectivity index (χ0) is 22.0. The molecule has 2 aromatic rings. The van der Waals surface area contributed by atoms with Crippen molar-refractivity contribution < 1.29 is 23.9 Å². The summed E-state index contributed by atoms with van der Waals surface area (Å²) in [6.45, 7) is 4.01. The molecule has 2 aliphatic heterocycles. The standard InChI is InChI=1S/C23H22N2O5S/c1-14-20(23(28)30-13-16-8-10-17(29-2)11-9-16)25-21(27)19(22(25)31-14)24-18(26)12-15-6-4-3-5-7-15/h3-11,19-20,22H,1,12-13H2,2H3,(H,24,26)/t19-,20-,22-/m1/s1. The van der Waals surface area contributed by atoms with Crippen LogP contribution < -0.4 is 10.1 Å². The number of amides is 2. The van der Waals surface area contributed by atoms with Crippen LogP contribution in [0.3, 0.4) is 0 Å². The Morgan fingerprint density at radius 2 is 1.81 bits per heavy atom. The van der Waals surface area contributed by atoms with Gasteiger partial charge in [-0.1, -0.05) is 49.0 Å². The molecule has 0 bridgehead atoms. The van der Waals surface area contributed by atoms with E-state index in [1.165, 1.54) is 16.7 Å². The molecule has 0 unspecified atom stereocenters. The third kappa shape index (κ3) is 4.29. The van der Waals surface area contributed by atoms with Crippen LogP contribution in [0.5, 0.6) is 5.75 Å². The summed E-state index contributed by atoms with van der Waals surface area (Å²) in [5.74, 6) is -0.354. The maximum Gasteiger partial charge on any atom is 0.334 e. The first-order valence-corrected chi connectivity index (χ1v) is 10.7. The Hall–Kier alpha value is -3.26. The number of carbonyl (C=O) groups excluding carboxylic acids is 3. The van der Waals surface area contributed by atoms with Gasteiger partial charge in [0.15, 0.2) is 6.04 Å². The highest BCUT2D eigenvalue weighted by molar-refractivity contribution is 8.04. The topological polar surface area (TPSA) is 84.9 Å². The van der Waals surface area contributed by atoms with E-state index >= 15 is 0 Å². The van der Waals surface area contributed by atoms with Crippen LogP contribution in [-0.2, 0) is 32.1 Å². The molecule has 2 saturated heterocycles. The van der Waals surface area contributed by atoms with E-state index in [-0.39, 0.29) is 30.2 Å². The molecule has 2 amide bonds. The normalized spacial score (nSPS) is 21.8. The van der Waals surface area contributed by atoms with Crippen LogP contribution in [0.15, 0.2) is 66.1 Å². The summed E-state index contributed by atoms with van der Waals surface area (Å²) in [6.07, 6.45) is 0.191. The van der Waals surface area contributed by atoms with E-state index in [1.54, 1.807) is 31.4 Å². The second-order valence-electron chi connectivity index (χ2n) is 7.29. The number of fused-ring (bicyclic) bond motifs is 1. The lowest BCUT2D eigenvalue weighted by molar-refractivity contribution is -0.162. The first-order chi connectivity index (χ1) is 15.0. The van der Waals surface area contributed by atoms with Crippen molar-refractivity contribution in [2.75, 3.05) is 7.11 Å². The molecule has 2 aromatic carbocycles. The van der Waals surface area contributed by atoms with Crippen molar-refractivity contribution in [2.45, 2.75) is 30.5 Å². The number of hydrogen-bond acceptors (Lipinski definition) is 6. The third-order valence-electron chi connectivity index (χ3n) is 5.22. The number of carbonyl (C=O) groups is 3. The van der Waals surface area contributed by atoms with Crippen LogP contribution in [0.1, 0.15) is 11.1 Å². The molecule has 0 aromatic heterocycles. The fourth-order valence-corrected chi connectivity index (χ4v) is 4.91. The SMILES string of the molecule is C=C1S[C@@H]2[C@H](NC(=O)Cc3ccccc3)C(=O)N2[C@H]1C(=O)OCc1ccc(OC)cc1. The zero-order valence-corrected chi connectivity index (χ0v) is 17.8. The number of hydrogen-bond donors (Lipinski definition) is 1. The van der Waals surface area contributed by atoms with E-state index in [0.717, 1.165) is 11.1 Å². The Kier molecular flexibility index (Phi) is 5.99. The van der Waals surface area contributed by atoms with Gasteiger partial charge in [0.2, 0.25) is 11.8 Å². The van der Waals surface area contributed by atoms with Gasteiger partial charge in [-0.25, -0.2) is 4.79 Å². The highest BCUT2D eigenvalue weighted by Gasteiger charge is 2.59. The molecule has 160 valence electrons. The van der Waals surface area contributed by atoms with Crippen LogP contribution in [0, 0.1) is 0 Å². The average molecular weight is 439 g/mol. The minimum atomic E-state index is -0.844. The molecule has 2 fully saturated rings. The Morgan fingerprint density at radius 3 is 2.48 bits per heavy atom. The summed E-state index contributed by atoms with van der Waals surface area (Å²) in [5.41, 5.74) is 1.68. The largest absolute Gasteiger partial charge is 0.497 e. The van der Waals surface area contributed by atoms with Gasteiger partial charge in [0.05, 0.1) is 13.5 Å². The lowest BCUT2D eigenvalue weighted by Crippen LogP contribution is -2.70. The van der Waals surface area contributed by atoms with Gasteiger partial charge in [0.25, 0.3) is 0 Å². The van der Waals surface area contributed by atoms with E-state index in [9.17, 15) is 14.4 Å². The summed E-state index contributed by atoms with van der Waals surface area (Å²) < 4.78 is 10.5. The van der Waals surface area contributed by atoms with Crippen molar-refractivity contribution in [3.63, 3.8) is 0 Å². The van der Waals surface area contributed by atoms with Crippen molar-refractivity contribution in [1.82, 2.24) is 10.2 Å². The predicted octanol–water partition coefficient (Wildman–Crippen LogP) is 2.26. The maximum atomic E-state index is 12.7. The predicted molar refractivity (Wildman–Crippen MR) is 116 cm³/mol. The minimum absolute atomic E-state index is 0.0845. The van der Waals surface area contributed by atoms with Crippen molar-refractivity contribution >= 4 is 29.5 Å². The number of esters is 1. The van der Waals surface area contributed by atoms with Gasteiger partial charge in [-0.3, -0.25) is 9.59 Å². The Bertz CT molecular complexity index is 1010. The van der Waals surface area contributed by atoms with Crippen LogP contribution in [0.2, 0.25) is 0 Å². The van der Waals surface area contributed by atoms with Crippen molar-refractivity contribution in [1.29, 1.82) is 0 Å². The summed E-state index contributed by atoms with van der Waals surface area (Å²) in [5, 5.41) is 2.43. The molecule has 2 aliphatic rings. The second-order valence-corrected chi connectivity index (χ2v) is 8.53. The number of rotatable bonds is 7. The summed E-state index contributed by atoms with van der Waals surface area (Å²) >= 11 is 1.32. The van der Waals surface area contributed by atoms with Gasteiger partial charge in [0.1, 0.15) is 23.8 Å². The van der Waals surface area contributed by atoms with E-state index < -0.39 is 18.1 Å². The quantitative estimate of drug-likeness (QED) is 0.527. The first kappa shape index (κ1) is 21.0. The number of benzene rings is 2. The molecule has 0 radical (unpaired) electrons. The Labute approximate surface area is 184 Å². The molecular weight excluding hydrogens is 416 g/mol. The fraction of sp³-hybridized carbons (Fsp3) is 0.261. The molecule has 8 heteroatoms. The molecule has 0 spiro atoms. The van der Waals surface area contributed by atoms with Gasteiger partial charge in [-0.05, 0) is 23.3 Å². The number of nitrogens with one attached hydrogen (secondary N) is 1. The van der Waals surface area contributed by atoms with E-state index in [2.05, 4.69) is 11.9 Å². The third-order valence-corrected chi connectivity index (χ3v) is 6.49. The van der Waals surface area contributed by atoms with E-state index in [4.69, 9.17) is 9.47 Å². The lowest BCUT2D eigenvalue weighted by atomic mass is 10.0. The molecule has 7 nitrogen and oxygen atoms in total. The fourth-order valence-electron chi connectivity index (χ4n) is 3.60. The number of ether oxygens (including phenoxy) is 2. The van der Waals surface area contributed by atoms with Gasteiger partial charge < -0.3 is 19.7 Å². The second kappa shape index (κ2) is 8.85. The van der Waals surface area contributed by atoms with Crippen LogP contribution in [-0.4, -0.2) is 47.3 Å². The average Bonchev–Trinajstić information content (AvgIpc) is 3.10. The van der Waals surface area contributed by atoms with Gasteiger partial charge in [-0.2, -0.15) is 0 Å². The molecular formula is C23H22N2O5S. The van der Waals surface area contributed by atoms with Gasteiger partial charge in [-0.15, -0.1) is 11.8 Å². The molecule has 31 heavy (non-hydrogen) atoms. The van der Waals surface area contributed by atoms with E-state index in [1.807, 2.05) is 30.3 Å². The van der Waals surface area contributed by atoms with Crippen LogP contribution >= 0.6 is 11.8 Å². The summed E-state index contributed by atoms with van der Waals surface area (Å²) in [7, 11) is 1.58. The van der Waals surface area contributed by atoms with Crippen LogP contribution in [0.25, 0.3) is 0 Å². The highest BCUT2D eigenvalue weighted by Crippen LogP contribution is 2.46. The lowest BCUT2D eigenvalue weighted by Gasteiger charge is -2.43. The van der Waals surface area contributed by atoms with Gasteiger partial charge >= 0.3 is 5.97 Å². The van der Waals surface area contributed by atoms with Gasteiger partial charge in [0, 0.05) is 4.91 Å². The van der Waals surface area contributed by atoms with Crippen LogP contribution in [0.4, 0.5) is 0 Å². The minimum Gasteiger partial charge on any atom is -0.497 e. The number of thioether (sulfide) groups is 1. The monoisotopic (exact) mass is 438 g/mol. The summed E-state index contributed by atoms with van der Waals surface area (Å²) in [6, 6.07) is 15.0. The first-order valence-electron chi connectivity index (χ1n) is 9.78. The maximum absolute atomic E-state index is 12.7.